The number of aryl methyl sites for hydroxylation is 1. The van der Waals surface area contributed by atoms with Crippen LogP contribution in [0.2, 0.25) is 0 Å². The Kier molecular flexibility index (Phi) is 3.82. The number of carbonyl (C=O) groups excluding carboxylic acids is 1. The Morgan fingerprint density at radius 3 is 2.62 bits per heavy atom. The zero-order valence-electron chi connectivity index (χ0n) is 9.07. The van der Waals surface area contributed by atoms with Gasteiger partial charge in [0, 0.05) is 7.05 Å². The van der Waals surface area contributed by atoms with Gasteiger partial charge in [-0.05, 0) is 19.1 Å². The van der Waals surface area contributed by atoms with Crippen molar-refractivity contribution in [1.29, 1.82) is 0 Å². The van der Waals surface area contributed by atoms with E-state index in [1.54, 1.807) is 6.92 Å². The van der Waals surface area contributed by atoms with Crippen molar-refractivity contribution >= 4 is 17.7 Å². The van der Waals surface area contributed by atoms with Gasteiger partial charge in [-0.15, -0.1) is 0 Å². The monoisotopic (exact) mass is 223 g/mol. The fourth-order valence-electron chi connectivity index (χ4n) is 1.14. The molecule has 1 heterocycles. The van der Waals surface area contributed by atoms with E-state index in [1.807, 2.05) is 0 Å². The van der Waals surface area contributed by atoms with Crippen LogP contribution >= 0.6 is 0 Å². The number of likely N-dealkylation sites (N-methyl/N-ethyl adjacent to an activating group) is 1. The summed E-state index contributed by atoms with van der Waals surface area (Å²) in [6, 6.07) is 2.98. The lowest BCUT2D eigenvalue weighted by Gasteiger charge is -2.06. The van der Waals surface area contributed by atoms with Gasteiger partial charge in [0.1, 0.15) is 5.82 Å². The Morgan fingerprint density at radius 1 is 1.44 bits per heavy atom. The number of carboxylic acid groups (broad SMARTS) is 1. The molecule has 0 radical (unpaired) electrons. The quantitative estimate of drug-likeness (QED) is 0.680. The number of pyridine rings is 1. The number of nitrogens with one attached hydrogen (secondary N) is 2. The largest absolute Gasteiger partial charge is 0.478 e. The van der Waals surface area contributed by atoms with Gasteiger partial charge in [0.2, 0.25) is 5.91 Å². The highest BCUT2D eigenvalue weighted by molar-refractivity contribution is 5.89. The first-order valence-electron chi connectivity index (χ1n) is 4.70. The van der Waals surface area contributed by atoms with Crippen LogP contribution in [-0.4, -0.2) is 35.6 Å². The first-order chi connectivity index (χ1) is 7.54. The molecule has 1 aromatic heterocycles. The first-order valence-corrected chi connectivity index (χ1v) is 4.70. The Bertz CT molecular complexity index is 418. The van der Waals surface area contributed by atoms with Crippen LogP contribution in [-0.2, 0) is 4.79 Å². The average Bonchev–Trinajstić information content (AvgIpc) is 2.25. The predicted octanol–water partition coefficient (Wildman–Crippen LogP) is 0.246. The van der Waals surface area contributed by atoms with Crippen molar-refractivity contribution in [3.63, 3.8) is 0 Å². The van der Waals surface area contributed by atoms with Crippen molar-refractivity contribution in [3.8, 4) is 0 Å². The van der Waals surface area contributed by atoms with Crippen molar-refractivity contribution in [1.82, 2.24) is 10.3 Å². The fourth-order valence-corrected chi connectivity index (χ4v) is 1.14. The van der Waals surface area contributed by atoms with Crippen LogP contribution in [0.25, 0.3) is 0 Å². The van der Waals surface area contributed by atoms with E-state index in [-0.39, 0.29) is 18.0 Å². The molecule has 1 amide bonds. The van der Waals surface area contributed by atoms with Gasteiger partial charge in [-0.25, -0.2) is 9.78 Å². The smallest absolute Gasteiger partial charge is 0.337 e. The number of aromatic nitrogens is 1. The maximum Gasteiger partial charge on any atom is 0.337 e. The van der Waals surface area contributed by atoms with E-state index in [2.05, 4.69) is 15.6 Å². The molecule has 6 nitrogen and oxygen atoms in total. The minimum Gasteiger partial charge on any atom is -0.478 e. The van der Waals surface area contributed by atoms with Crippen molar-refractivity contribution < 1.29 is 14.7 Å². The number of hydrogen-bond donors (Lipinski definition) is 3. The minimum atomic E-state index is -1.01. The van der Waals surface area contributed by atoms with E-state index < -0.39 is 5.97 Å². The van der Waals surface area contributed by atoms with Gasteiger partial charge >= 0.3 is 5.97 Å². The van der Waals surface area contributed by atoms with Gasteiger partial charge in [0.25, 0.3) is 0 Å². The van der Waals surface area contributed by atoms with E-state index in [1.165, 1.54) is 19.2 Å². The number of aromatic carboxylic acids is 1. The van der Waals surface area contributed by atoms with Crippen LogP contribution in [0.5, 0.6) is 0 Å². The van der Waals surface area contributed by atoms with Gasteiger partial charge in [-0.2, -0.15) is 0 Å². The van der Waals surface area contributed by atoms with Gasteiger partial charge < -0.3 is 15.7 Å². The number of carbonyl (C=O) groups is 2. The highest BCUT2D eigenvalue weighted by Gasteiger charge is 2.08. The van der Waals surface area contributed by atoms with Crippen LogP contribution in [0.4, 0.5) is 5.82 Å². The molecular weight excluding hydrogens is 210 g/mol. The summed E-state index contributed by atoms with van der Waals surface area (Å²) in [6.45, 7) is 1.71. The normalized spacial score (nSPS) is 9.62. The molecule has 0 aliphatic carbocycles. The van der Waals surface area contributed by atoms with Crippen LogP contribution in [0.1, 0.15) is 16.1 Å². The highest BCUT2D eigenvalue weighted by atomic mass is 16.4. The van der Waals surface area contributed by atoms with Crippen LogP contribution in [0, 0.1) is 6.92 Å². The summed E-state index contributed by atoms with van der Waals surface area (Å²) in [4.78, 5) is 25.7. The summed E-state index contributed by atoms with van der Waals surface area (Å²) in [5, 5.41) is 14.0. The SMILES string of the molecule is CNC(=O)CNc1ccc(C(=O)O)c(C)n1. The Labute approximate surface area is 92.7 Å². The molecule has 0 fully saturated rings. The summed E-state index contributed by atoms with van der Waals surface area (Å²) < 4.78 is 0. The van der Waals surface area contributed by atoms with E-state index in [9.17, 15) is 9.59 Å². The molecule has 0 aliphatic heterocycles. The third-order valence-electron chi connectivity index (χ3n) is 2.03. The van der Waals surface area contributed by atoms with Gasteiger partial charge in [0.05, 0.1) is 17.8 Å². The number of hydrogen-bond acceptors (Lipinski definition) is 4. The van der Waals surface area contributed by atoms with Crippen molar-refractivity contribution in [2.75, 3.05) is 18.9 Å². The zero-order chi connectivity index (χ0) is 12.1. The molecule has 1 aromatic rings. The van der Waals surface area contributed by atoms with Crippen LogP contribution < -0.4 is 10.6 Å². The Hall–Kier alpha value is -2.11. The summed E-state index contributed by atoms with van der Waals surface area (Å²) in [7, 11) is 1.54. The second-order valence-electron chi connectivity index (χ2n) is 3.16. The van der Waals surface area contributed by atoms with Gasteiger partial charge in [-0.1, -0.05) is 0 Å². The fraction of sp³-hybridized carbons (Fsp3) is 0.300. The third kappa shape index (κ3) is 2.94. The number of rotatable bonds is 4. The van der Waals surface area contributed by atoms with Crippen LogP contribution in [0.3, 0.4) is 0 Å². The third-order valence-corrected chi connectivity index (χ3v) is 2.03. The van der Waals surface area contributed by atoms with Gasteiger partial charge in [-0.3, -0.25) is 4.79 Å². The highest BCUT2D eigenvalue weighted by Crippen LogP contribution is 2.10. The number of amides is 1. The van der Waals surface area contributed by atoms with Crippen molar-refractivity contribution in [2.24, 2.45) is 0 Å². The summed E-state index contributed by atoms with van der Waals surface area (Å²) in [5.41, 5.74) is 0.569. The number of nitrogens with zero attached hydrogens (tertiary/aromatic N) is 1. The lowest BCUT2D eigenvalue weighted by Crippen LogP contribution is -2.26. The molecule has 3 N–H and O–H groups in total. The molecule has 0 aliphatic rings. The topological polar surface area (TPSA) is 91.3 Å². The molecule has 16 heavy (non-hydrogen) atoms. The Morgan fingerprint density at radius 2 is 2.12 bits per heavy atom. The molecule has 0 unspecified atom stereocenters. The van der Waals surface area contributed by atoms with E-state index in [0.29, 0.717) is 11.5 Å². The lowest BCUT2D eigenvalue weighted by molar-refractivity contribution is -0.118. The molecule has 0 aromatic carbocycles. The predicted molar refractivity (Wildman–Crippen MR) is 58.5 cm³/mol. The number of carboxylic acids is 1. The molecular formula is C10H13N3O3. The number of anilines is 1. The molecule has 0 saturated heterocycles. The lowest BCUT2D eigenvalue weighted by atomic mass is 10.2. The molecule has 6 heteroatoms. The van der Waals surface area contributed by atoms with Crippen LogP contribution in [0.15, 0.2) is 12.1 Å². The van der Waals surface area contributed by atoms with E-state index in [4.69, 9.17) is 5.11 Å². The first kappa shape index (κ1) is 12.0. The molecule has 1 rings (SSSR count). The molecule has 0 bridgehead atoms. The minimum absolute atomic E-state index is 0.107. The standard InChI is InChI=1S/C10H13N3O3/c1-6-7(10(15)16)3-4-8(13-6)12-5-9(14)11-2/h3-4H,5H2,1-2H3,(H,11,14)(H,12,13)(H,15,16). The van der Waals surface area contributed by atoms with Crippen molar-refractivity contribution in [3.05, 3.63) is 23.4 Å². The Balaban J connectivity index is 2.74. The maximum atomic E-state index is 10.9. The van der Waals surface area contributed by atoms with Gasteiger partial charge in [0.15, 0.2) is 0 Å². The molecule has 0 saturated carbocycles. The van der Waals surface area contributed by atoms with E-state index >= 15 is 0 Å². The molecule has 0 spiro atoms. The molecule has 86 valence electrons. The summed E-state index contributed by atoms with van der Waals surface area (Å²) in [6.07, 6.45) is 0. The molecule has 0 atom stereocenters. The second-order valence-corrected chi connectivity index (χ2v) is 3.16. The maximum absolute atomic E-state index is 10.9. The zero-order valence-corrected chi connectivity index (χ0v) is 9.07. The van der Waals surface area contributed by atoms with Crippen molar-refractivity contribution in [2.45, 2.75) is 6.92 Å². The summed E-state index contributed by atoms with van der Waals surface area (Å²) >= 11 is 0. The van der Waals surface area contributed by atoms with E-state index in [0.717, 1.165) is 0 Å². The summed E-state index contributed by atoms with van der Waals surface area (Å²) in [5.74, 6) is -0.698. The second kappa shape index (κ2) is 5.11. The average molecular weight is 223 g/mol.